The Morgan fingerprint density at radius 1 is 1.28 bits per heavy atom. The van der Waals surface area contributed by atoms with Crippen LogP contribution in [0.1, 0.15) is 52.3 Å². The van der Waals surface area contributed by atoms with Crippen molar-refractivity contribution in [2.75, 3.05) is 11.4 Å². The fourth-order valence-corrected chi connectivity index (χ4v) is 2.22. The number of hydrogen-bond acceptors (Lipinski definition) is 3. The summed E-state index contributed by atoms with van der Waals surface area (Å²) in [5.74, 6) is 2.77. The Bertz CT molecular complexity index is 414. The third-order valence-corrected chi connectivity index (χ3v) is 3.25. The summed E-state index contributed by atoms with van der Waals surface area (Å²) < 4.78 is 0. The highest BCUT2D eigenvalue weighted by molar-refractivity contribution is 6.29. The zero-order chi connectivity index (χ0) is 13.3. The van der Waals surface area contributed by atoms with Gasteiger partial charge in [0.05, 0.1) is 0 Å². The summed E-state index contributed by atoms with van der Waals surface area (Å²) in [6, 6.07) is 2.55. The molecule has 0 saturated heterocycles. The van der Waals surface area contributed by atoms with E-state index in [0.717, 1.165) is 18.2 Å². The maximum atomic E-state index is 6.12. The molecule has 0 unspecified atom stereocenters. The molecule has 1 heterocycles. The van der Waals surface area contributed by atoms with E-state index in [1.807, 2.05) is 6.07 Å². The normalized spacial score (nSPS) is 15.5. The van der Waals surface area contributed by atoms with Gasteiger partial charge in [-0.3, -0.25) is 0 Å². The quantitative estimate of drug-likeness (QED) is 0.758. The summed E-state index contributed by atoms with van der Waals surface area (Å²) in [6.07, 6.45) is 2.54. The Morgan fingerprint density at radius 2 is 1.94 bits per heavy atom. The number of rotatable bonds is 5. The van der Waals surface area contributed by atoms with Crippen molar-refractivity contribution in [2.45, 2.75) is 52.5 Å². The fraction of sp³-hybridized carbons (Fsp3) is 0.714. The summed E-state index contributed by atoms with van der Waals surface area (Å²) in [4.78, 5) is 11.4. The van der Waals surface area contributed by atoms with E-state index < -0.39 is 0 Å². The first kappa shape index (κ1) is 13.6. The lowest BCUT2D eigenvalue weighted by Crippen LogP contribution is -2.31. The molecular formula is C14H22ClN3. The van der Waals surface area contributed by atoms with Gasteiger partial charge in [-0.2, -0.15) is 0 Å². The summed E-state index contributed by atoms with van der Waals surface area (Å²) >= 11 is 6.12. The number of anilines is 1. The smallest absolute Gasteiger partial charge is 0.135 e. The summed E-state index contributed by atoms with van der Waals surface area (Å²) in [5.41, 5.74) is 0. The molecule has 4 heteroatoms. The van der Waals surface area contributed by atoms with Crippen molar-refractivity contribution in [3.8, 4) is 0 Å². The molecular weight excluding hydrogens is 246 g/mol. The number of nitrogens with zero attached hydrogens (tertiary/aromatic N) is 3. The zero-order valence-electron chi connectivity index (χ0n) is 11.7. The van der Waals surface area contributed by atoms with Crippen molar-refractivity contribution in [1.29, 1.82) is 0 Å². The van der Waals surface area contributed by atoms with Crippen molar-refractivity contribution in [3.05, 3.63) is 17.0 Å². The van der Waals surface area contributed by atoms with E-state index in [4.69, 9.17) is 11.6 Å². The largest absolute Gasteiger partial charge is 0.353 e. The van der Waals surface area contributed by atoms with Gasteiger partial charge < -0.3 is 4.90 Å². The van der Waals surface area contributed by atoms with Crippen molar-refractivity contribution in [2.24, 2.45) is 5.92 Å². The first-order chi connectivity index (χ1) is 8.47. The molecule has 0 N–H and O–H groups in total. The number of hydrogen-bond donors (Lipinski definition) is 0. The summed E-state index contributed by atoms with van der Waals surface area (Å²) in [7, 11) is 0. The molecule has 0 spiro atoms. The van der Waals surface area contributed by atoms with Gasteiger partial charge in [-0.15, -0.1) is 0 Å². The molecule has 0 amide bonds. The van der Waals surface area contributed by atoms with E-state index in [-0.39, 0.29) is 0 Å². The van der Waals surface area contributed by atoms with Crippen molar-refractivity contribution in [1.82, 2.24) is 9.97 Å². The van der Waals surface area contributed by atoms with Crippen LogP contribution < -0.4 is 4.90 Å². The minimum Gasteiger partial charge on any atom is -0.353 e. The van der Waals surface area contributed by atoms with Crippen LogP contribution in [0.5, 0.6) is 0 Å². The molecule has 1 saturated carbocycles. The van der Waals surface area contributed by atoms with Gasteiger partial charge in [0, 0.05) is 24.6 Å². The van der Waals surface area contributed by atoms with E-state index >= 15 is 0 Å². The maximum Gasteiger partial charge on any atom is 0.135 e. The monoisotopic (exact) mass is 267 g/mol. The van der Waals surface area contributed by atoms with Gasteiger partial charge in [0.2, 0.25) is 0 Å². The molecule has 3 nitrogen and oxygen atoms in total. The maximum absolute atomic E-state index is 6.12. The van der Waals surface area contributed by atoms with E-state index in [1.165, 1.54) is 12.8 Å². The van der Waals surface area contributed by atoms with Crippen LogP contribution in [0.25, 0.3) is 0 Å². The SMILES string of the molecule is CC(C)CN(c1cc(Cl)nc(C(C)C)n1)C1CC1. The zero-order valence-corrected chi connectivity index (χ0v) is 12.4. The fourth-order valence-electron chi connectivity index (χ4n) is 2.04. The minimum atomic E-state index is 0.308. The second-order valence-corrected chi connectivity index (χ2v) is 6.23. The highest BCUT2D eigenvalue weighted by atomic mass is 35.5. The molecule has 0 bridgehead atoms. The molecule has 18 heavy (non-hydrogen) atoms. The summed E-state index contributed by atoms with van der Waals surface area (Å²) in [6.45, 7) is 9.71. The predicted octanol–water partition coefficient (Wildman–Crippen LogP) is 3.88. The van der Waals surface area contributed by atoms with E-state index in [9.17, 15) is 0 Å². The molecule has 0 aromatic carbocycles. The highest BCUT2D eigenvalue weighted by Crippen LogP contribution is 2.32. The van der Waals surface area contributed by atoms with Crippen LogP contribution in [0.15, 0.2) is 6.07 Å². The Balaban J connectivity index is 2.28. The molecule has 1 aliphatic carbocycles. The van der Waals surface area contributed by atoms with Gasteiger partial charge in [0.1, 0.15) is 16.8 Å². The Morgan fingerprint density at radius 3 is 2.44 bits per heavy atom. The van der Waals surface area contributed by atoms with Crippen molar-refractivity contribution < 1.29 is 0 Å². The molecule has 1 aromatic rings. The van der Waals surface area contributed by atoms with Gasteiger partial charge in [0.25, 0.3) is 0 Å². The first-order valence-electron chi connectivity index (χ1n) is 6.78. The van der Waals surface area contributed by atoms with Crippen LogP contribution in [0.4, 0.5) is 5.82 Å². The van der Waals surface area contributed by atoms with E-state index in [0.29, 0.717) is 23.0 Å². The molecule has 1 fully saturated rings. The van der Waals surface area contributed by atoms with Crippen molar-refractivity contribution >= 4 is 17.4 Å². The lowest BCUT2D eigenvalue weighted by Gasteiger charge is -2.26. The lowest BCUT2D eigenvalue weighted by molar-refractivity contribution is 0.599. The van der Waals surface area contributed by atoms with Gasteiger partial charge in [-0.25, -0.2) is 9.97 Å². The lowest BCUT2D eigenvalue weighted by atomic mass is 10.2. The van der Waals surface area contributed by atoms with Gasteiger partial charge >= 0.3 is 0 Å². The Hall–Kier alpha value is -0.830. The average Bonchev–Trinajstić information content (AvgIpc) is 3.08. The Kier molecular flexibility index (Phi) is 4.10. The van der Waals surface area contributed by atoms with Crippen LogP contribution in [-0.4, -0.2) is 22.6 Å². The molecule has 0 aliphatic heterocycles. The Labute approximate surface area is 115 Å². The average molecular weight is 268 g/mol. The second kappa shape index (κ2) is 5.43. The second-order valence-electron chi connectivity index (χ2n) is 5.84. The van der Waals surface area contributed by atoms with Gasteiger partial charge in [-0.1, -0.05) is 39.3 Å². The third kappa shape index (κ3) is 3.35. The third-order valence-electron chi connectivity index (χ3n) is 3.06. The van der Waals surface area contributed by atoms with Crippen LogP contribution in [0, 0.1) is 5.92 Å². The highest BCUT2D eigenvalue weighted by Gasteiger charge is 2.30. The van der Waals surface area contributed by atoms with E-state index in [1.54, 1.807) is 0 Å². The first-order valence-corrected chi connectivity index (χ1v) is 7.16. The minimum absolute atomic E-state index is 0.308. The van der Waals surface area contributed by atoms with Crippen LogP contribution in [-0.2, 0) is 0 Å². The number of halogens is 1. The van der Waals surface area contributed by atoms with E-state index in [2.05, 4.69) is 42.6 Å². The molecule has 2 rings (SSSR count). The summed E-state index contributed by atoms with van der Waals surface area (Å²) in [5, 5.41) is 0.554. The van der Waals surface area contributed by atoms with Gasteiger partial charge in [0.15, 0.2) is 0 Å². The van der Waals surface area contributed by atoms with Crippen molar-refractivity contribution in [3.63, 3.8) is 0 Å². The molecule has 0 radical (unpaired) electrons. The number of aromatic nitrogens is 2. The molecule has 1 aliphatic rings. The van der Waals surface area contributed by atoms with Crippen LogP contribution >= 0.6 is 11.6 Å². The predicted molar refractivity (Wildman–Crippen MR) is 76.3 cm³/mol. The standard InChI is InChI=1S/C14H22ClN3/c1-9(2)8-18(11-5-6-11)13-7-12(15)16-14(17-13)10(3)4/h7,9-11H,5-6,8H2,1-4H3. The van der Waals surface area contributed by atoms with Crippen LogP contribution in [0.3, 0.4) is 0 Å². The van der Waals surface area contributed by atoms with Crippen LogP contribution in [0.2, 0.25) is 5.15 Å². The van der Waals surface area contributed by atoms with Gasteiger partial charge in [-0.05, 0) is 18.8 Å². The topological polar surface area (TPSA) is 29.0 Å². The molecule has 0 atom stereocenters. The molecule has 1 aromatic heterocycles. The molecule has 100 valence electrons.